The number of nitrogens with one attached hydrogen (secondary N) is 2. The second-order valence-corrected chi connectivity index (χ2v) is 7.18. The fourth-order valence-electron chi connectivity index (χ4n) is 2.25. The van der Waals surface area contributed by atoms with Gasteiger partial charge < -0.3 is 14.8 Å². The van der Waals surface area contributed by atoms with E-state index in [2.05, 4.69) is 10.0 Å². The third-order valence-electron chi connectivity index (χ3n) is 3.59. The highest BCUT2D eigenvalue weighted by Crippen LogP contribution is 2.25. The van der Waals surface area contributed by atoms with Gasteiger partial charge in [-0.25, -0.2) is 13.1 Å². The molecule has 140 valence electrons. The highest BCUT2D eigenvalue weighted by Gasteiger charge is 2.21. The van der Waals surface area contributed by atoms with Gasteiger partial charge in [-0.2, -0.15) is 0 Å². The van der Waals surface area contributed by atoms with Crippen molar-refractivity contribution in [2.45, 2.75) is 18.2 Å². The molecule has 2 N–H and O–H groups in total. The maximum absolute atomic E-state index is 12.5. The van der Waals surface area contributed by atoms with Crippen molar-refractivity contribution >= 4 is 21.6 Å². The Bertz CT molecular complexity index is 881. The molecule has 7 nitrogen and oxygen atoms in total. The zero-order valence-electron chi connectivity index (χ0n) is 14.9. The van der Waals surface area contributed by atoms with E-state index in [0.29, 0.717) is 24.4 Å². The summed E-state index contributed by atoms with van der Waals surface area (Å²) >= 11 is 0. The summed E-state index contributed by atoms with van der Waals surface area (Å²) in [7, 11) is -0.868. The normalized spacial score (nSPS) is 11.0. The fourth-order valence-corrected chi connectivity index (χ4v) is 3.57. The van der Waals surface area contributed by atoms with Crippen molar-refractivity contribution in [2.24, 2.45) is 0 Å². The van der Waals surface area contributed by atoms with Gasteiger partial charge in [-0.15, -0.1) is 0 Å². The zero-order chi connectivity index (χ0) is 19.2. The molecule has 0 radical (unpaired) electrons. The number of methoxy groups -OCH3 is 2. The second-order valence-electron chi connectivity index (χ2n) is 5.45. The van der Waals surface area contributed by atoms with Gasteiger partial charge in [0.1, 0.15) is 16.4 Å². The number of hydrogen-bond donors (Lipinski definition) is 2. The van der Waals surface area contributed by atoms with Crippen molar-refractivity contribution < 1.29 is 22.7 Å². The van der Waals surface area contributed by atoms with Crippen LogP contribution in [0.2, 0.25) is 0 Å². The third-order valence-corrected chi connectivity index (χ3v) is 5.07. The molecule has 0 aliphatic heterocycles. The minimum Gasteiger partial charge on any atom is -0.497 e. The largest absolute Gasteiger partial charge is 0.497 e. The molecule has 26 heavy (non-hydrogen) atoms. The molecule has 0 spiro atoms. The summed E-state index contributed by atoms with van der Waals surface area (Å²) < 4.78 is 37.6. The first-order valence-electron chi connectivity index (χ1n) is 8.04. The van der Waals surface area contributed by atoms with E-state index < -0.39 is 15.9 Å². The molecule has 0 saturated carbocycles. The van der Waals surface area contributed by atoms with Gasteiger partial charge in [0, 0.05) is 23.9 Å². The molecule has 0 fully saturated rings. The van der Waals surface area contributed by atoms with Gasteiger partial charge >= 0.3 is 0 Å². The zero-order valence-corrected chi connectivity index (χ0v) is 15.7. The molecule has 0 aliphatic carbocycles. The average molecular weight is 378 g/mol. The van der Waals surface area contributed by atoms with Crippen LogP contribution in [0.3, 0.4) is 0 Å². The summed E-state index contributed by atoms with van der Waals surface area (Å²) in [4.78, 5) is 12.4. The highest BCUT2D eigenvalue weighted by atomic mass is 32.2. The molecule has 0 saturated heterocycles. The number of sulfonamides is 1. The first kappa shape index (κ1) is 19.7. The summed E-state index contributed by atoms with van der Waals surface area (Å²) in [6.07, 6.45) is 0.650. The predicted octanol–water partition coefficient (Wildman–Crippen LogP) is 2.64. The Morgan fingerprint density at radius 2 is 1.85 bits per heavy atom. The van der Waals surface area contributed by atoms with Crippen molar-refractivity contribution in [3.8, 4) is 11.5 Å². The minimum absolute atomic E-state index is 0.0771. The number of rotatable bonds is 8. The van der Waals surface area contributed by atoms with Crippen LogP contribution < -0.4 is 19.5 Å². The van der Waals surface area contributed by atoms with Crippen LogP contribution in [-0.4, -0.2) is 35.1 Å². The van der Waals surface area contributed by atoms with E-state index in [4.69, 9.17) is 9.47 Å². The van der Waals surface area contributed by atoms with Crippen molar-refractivity contribution in [3.63, 3.8) is 0 Å². The third kappa shape index (κ3) is 4.74. The van der Waals surface area contributed by atoms with Crippen LogP contribution in [0.25, 0.3) is 0 Å². The maximum atomic E-state index is 12.5. The molecular weight excluding hydrogens is 356 g/mol. The molecule has 1 amide bonds. The Labute approximate surface area is 153 Å². The van der Waals surface area contributed by atoms with Gasteiger partial charge in [-0.05, 0) is 36.8 Å². The first-order chi connectivity index (χ1) is 12.4. The summed E-state index contributed by atoms with van der Waals surface area (Å²) in [6, 6.07) is 11.1. The Kier molecular flexibility index (Phi) is 6.59. The van der Waals surface area contributed by atoms with Crippen LogP contribution in [0.4, 0.5) is 5.69 Å². The summed E-state index contributed by atoms with van der Waals surface area (Å²) in [6.45, 7) is 2.16. The van der Waals surface area contributed by atoms with E-state index in [1.54, 1.807) is 24.3 Å². The number of carbonyl (C=O) groups is 1. The second kappa shape index (κ2) is 8.68. The Morgan fingerprint density at radius 1 is 1.08 bits per heavy atom. The quantitative estimate of drug-likeness (QED) is 0.736. The molecule has 2 aromatic rings. The molecule has 2 aromatic carbocycles. The number of carbonyl (C=O) groups excluding carboxylic acids is 1. The van der Waals surface area contributed by atoms with Crippen LogP contribution in [-0.2, 0) is 10.0 Å². The van der Waals surface area contributed by atoms with Crippen molar-refractivity contribution in [1.29, 1.82) is 0 Å². The van der Waals surface area contributed by atoms with E-state index in [0.717, 1.165) is 0 Å². The number of anilines is 1. The smallest absolute Gasteiger partial charge is 0.255 e. The first-order valence-corrected chi connectivity index (χ1v) is 9.52. The molecule has 8 heteroatoms. The Morgan fingerprint density at radius 3 is 2.50 bits per heavy atom. The van der Waals surface area contributed by atoms with Crippen molar-refractivity contribution in [3.05, 3.63) is 48.0 Å². The van der Waals surface area contributed by atoms with Crippen molar-refractivity contribution in [1.82, 2.24) is 4.72 Å². The lowest BCUT2D eigenvalue weighted by Crippen LogP contribution is -2.25. The Balaban J connectivity index is 2.32. The number of benzene rings is 2. The van der Waals surface area contributed by atoms with Gasteiger partial charge in [-0.1, -0.05) is 13.0 Å². The van der Waals surface area contributed by atoms with Crippen LogP contribution >= 0.6 is 0 Å². The monoisotopic (exact) mass is 378 g/mol. The van der Waals surface area contributed by atoms with E-state index in [1.165, 1.54) is 32.4 Å². The molecule has 0 unspecified atom stereocenters. The summed E-state index contributed by atoms with van der Waals surface area (Å²) in [5.41, 5.74) is 0.740. The molecule has 0 aromatic heterocycles. The standard InChI is InChI=1S/C18H22N2O5S/c1-4-10-19-26(22,23)17-11-13(8-9-16(17)25-3)18(21)20-14-6-5-7-15(12-14)24-2/h5-9,11-12,19H,4,10H2,1-3H3,(H,20,21). The van der Waals surface area contributed by atoms with E-state index in [9.17, 15) is 13.2 Å². The van der Waals surface area contributed by atoms with Crippen molar-refractivity contribution in [2.75, 3.05) is 26.1 Å². The Hall–Kier alpha value is -2.58. The average Bonchev–Trinajstić information content (AvgIpc) is 2.66. The van der Waals surface area contributed by atoms with E-state index in [-0.39, 0.29) is 16.2 Å². The van der Waals surface area contributed by atoms with Gasteiger partial charge in [0.05, 0.1) is 14.2 Å². The number of amides is 1. The fraction of sp³-hybridized carbons (Fsp3) is 0.278. The summed E-state index contributed by atoms with van der Waals surface area (Å²) in [5, 5.41) is 2.72. The molecule has 0 heterocycles. The molecule has 2 rings (SSSR count). The molecule has 0 bridgehead atoms. The minimum atomic E-state index is -3.78. The lowest BCUT2D eigenvalue weighted by Gasteiger charge is -2.12. The SMILES string of the molecule is CCCNS(=O)(=O)c1cc(C(=O)Nc2cccc(OC)c2)ccc1OC. The highest BCUT2D eigenvalue weighted by molar-refractivity contribution is 7.89. The molecule has 0 atom stereocenters. The summed E-state index contributed by atoms with van der Waals surface area (Å²) in [5.74, 6) is 0.337. The van der Waals surface area contributed by atoms with Crippen LogP contribution in [0.5, 0.6) is 11.5 Å². The van der Waals surface area contributed by atoms with Gasteiger partial charge in [-0.3, -0.25) is 4.79 Å². The predicted molar refractivity (Wildman–Crippen MR) is 99.4 cm³/mol. The number of hydrogen-bond acceptors (Lipinski definition) is 5. The lowest BCUT2D eigenvalue weighted by molar-refractivity contribution is 0.102. The number of ether oxygens (including phenoxy) is 2. The van der Waals surface area contributed by atoms with E-state index >= 15 is 0 Å². The maximum Gasteiger partial charge on any atom is 0.255 e. The molecular formula is C18H22N2O5S. The van der Waals surface area contributed by atoms with Gasteiger partial charge in [0.2, 0.25) is 10.0 Å². The van der Waals surface area contributed by atoms with Crippen LogP contribution in [0.1, 0.15) is 23.7 Å². The van der Waals surface area contributed by atoms with Gasteiger partial charge in [0.15, 0.2) is 0 Å². The van der Waals surface area contributed by atoms with Gasteiger partial charge in [0.25, 0.3) is 5.91 Å². The topological polar surface area (TPSA) is 93.7 Å². The molecule has 0 aliphatic rings. The lowest BCUT2D eigenvalue weighted by atomic mass is 10.2. The van der Waals surface area contributed by atoms with Crippen LogP contribution in [0, 0.1) is 0 Å². The van der Waals surface area contributed by atoms with E-state index in [1.807, 2.05) is 6.92 Å². The van der Waals surface area contributed by atoms with Crippen LogP contribution in [0.15, 0.2) is 47.4 Å².